The molecule has 0 aromatic rings. The number of allylic oxidation sites excluding steroid dienone is 1. The Balaban J connectivity index is 4.01. The van der Waals surface area contributed by atoms with E-state index in [1.807, 2.05) is 0 Å². The molecule has 0 aliphatic carbocycles. The van der Waals surface area contributed by atoms with Crippen molar-refractivity contribution in [2.75, 3.05) is 0 Å². The molecule has 0 aliphatic rings. The van der Waals surface area contributed by atoms with E-state index in [0.29, 0.717) is 0 Å². The average Bonchev–Trinajstić information content (AvgIpc) is 1.83. The number of rotatable bonds is 1. The monoisotopic (exact) mass is 104 g/mol. The molecule has 0 radical (unpaired) electrons. The van der Waals surface area contributed by atoms with E-state index in [9.17, 15) is 0 Å². The minimum atomic E-state index is -0.688. The molecule has 0 saturated carbocycles. The lowest BCUT2D eigenvalue weighted by Gasteiger charge is -1.77. The number of nitriles is 2. The van der Waals surface area contributed by atoms with Crippen LogP contribution in [-0.4, -0.2) is 0 Å². The van der Waals surface area contributed by atoms with E-state index >= 15 is 0 Å². The summed E-state index contributed by atoms with van der Waals surface area (Å²) in [5, 5.41) is 16.2. The van der Waals surface area contributed by atoms with E-state index < -0.39 is 5.92 Å². The first-order valence-corrected chi connectivity index (χ1v) is 2.00. The highest BCUT2D eigenvalue weighted by atomic mass is 14.3. The van der Waals surface area contributed by atoms with Crippen molar-refractivity contribution in [1.82, 2.24) is 0 Å². The molecule has 2 nitrogen and oxygen atoms in total. The molecule has 0 unspecified atom stereocenters. The minimum Gasteiger partial charge on any atom is -0.196 e. The molecule has 0 atom stereocenters. The SMILES string of the molecule is C=C=CC(C#N)C#N. The molecule has 0 amide bonds. The summed E-state index contributed by atoms with van der Waals surface area (Å²) in [7, 11) is 0. The first-order chi connectivity index (χ1) is 3.85. The van der Waals surface area contributed by atoms with E-state index in [-0.39, 0.29) is 0 Å². The topological polar surface area (TPSA) is 47.6 Å². The molecule has 38 valence electrons. The van der Waals surface area contributed by atoms with Gasteiger partial charge in [0.15, 0.2) is 5.92 Å². The summed E-state index contributed by atoms with van der Waals surface area (Å²) in [5.41, 5.74) is 2.35. The van der Waals surface area contributed by atoms with Crippen LogP contribution >= 0.6 is 0 Å². The van der Waals surface area contributed by atoms with Crippen molar-refractivity contribution in [2.24, 2.45) is 5.92 Å². The molecule has 0 aliphatic heterocycles. The zero-order valence-electron chi connectivity index (χ0n) is 4.26. The Kier molecular flexibility index (Phi) is 2.99. The highest BCUT2D eigenvalue weighted by molar-refractivity contribution is 5.09. The molecule has 0 aromatic carbocycles. The summed E-state index contributed by atoms with van der Waals surface area (Å²) in [6.45, 7) is 3.21. The van der Waals surface area contributed by atoms with Gasteiger partial charge in [-0.2, -0.15) is 10.5 Å². The van der Waals surface area contributed by atoms with Crippen LogP contribution in [0.5, 0.6) is 0 Å². The van der Waals surface area contributed by atoms with Crippen LogP contribution < -0.4 is 0 Å². The molecule has 0 rings (SSSR count). The van der Waals surface area contributed by atoms with E-state index in [1.54, 1.807) is 12.1 Å². The Labute approximate surface area is 48.0 Å². The van der Waals surface area contributed by atoms with Gasteiger partial charge in [-0.25, -0.2) is 0 Å². The maximum absolute atomic E-state index is 8.09. The highest BCUT2D eigenvalue weighted by Crippen LogP contribution is 1.89. The Morgan fingerprint density at radius 1 is 1.38 bits per heavy atom. The highest BCUT2D eigenvalue weighted by Gasteiger charge is 1.94. The number of hydrogen-bond acceptors (Lipinski definition) is 2. The summed E-state index contributed by atoms with van der Waals surface area (Å²) in [6.07, 6.45) is 1.32. The maximum Gasteiger partial charge on any atom is 0.158 e. The fourth-order valence-electron chi connectivity index (χ4n) is 0.221. The Morgan fingerprint density at radius 2 is 1.88 bits per heavy atom. The third-order valence-electron chi connectivity index (χ3n) is 0.563. The zero-order valence-corrected chi connectivity index (χ0v) is 4.26. The maximum atomic E-state index is 8.09. The summed E-state index contributed by atoms with van der Waals surface area (Å²) in [5.74, 6) is -0.688. The lowest BCUT2D eigenvalue weighted by molar-refractivity contribution is 1.10. The first kappa shape index (κ1) is 6.50. The second kappa shape index (κ2) is 3.68. The largest absolute Gasteiger partial charge is 0.196 e. The second-order valence-corrected chi connectivity index (χ2v) is 1.11. The van der Waals surface area contributed by atoms with E-state index in [1.165, 1.54) is 6.08 Å². The van der Waals surface area contributed by atoms with Crippen molar-refractivity contribution < 1.29 is 0 Å². The van der Waals surface area contributed by atoms with Gasteiger partial charge in [-0.15, -0.1) is 5.73 Å². The van der Waals surface area contributed by atoms with Gasteiger partial charge < -0.3 is 0 Å². The van der Waals surface area contributed by atoms with Gasteiger partial charge in [0.25, 0.3) is 0 Å². The van der Waals surface area contributed by atoms with Crippen molar-refractivity contribution in [3.63, 3.8) is 0 Å². The smallest absolute Gasteiger partial charge is 0.158 e. The van der Waals surface area contributed by atoms with Crippen LogP contribution in [0.1, 0.15) is 0 Å². The number of hydrogen-bond donors (Lipinski definition) is 0. The van der Waals surface area contributed by atoms with Crippen LogP contribution in [0.2, 0.25) is 0 Å². The molecule has 0 aromatic heterocycles. The predicted molar refractivity (Wildman–Crippen MR) is 28.4 cm³/mol. The fraction of sp³-hybridized carbons (Fsp3) is 0.167. The average molecular weight is 104 g/mol. The van der Waals surface area contributed by atoms with Crippen LogP contribution in [0.4, 0.5) is 0 Å². The van der Waals surface area contributed by atoms with Crippen LogP contribution in [0, 0.1) is 28.6 Å². The van der Waals surface area contributed by atoms with Crippen molar-refractivity contribution in [1.29, 1.82) is 10.5 Å². The minimum absolute atomic E-state index is 0.688. The van der Waals surface area contributed by atoms with Crippen molar-refractivity contribution in [3.05, 3.63) is 18.4 Å². The molecule has 0 bridgehead atoms. The van der Waals surface area contributed by atoms with Gasteiger partial charge in [-0.1, -0.05) is 6.58 Å². The van der Waals surface area contributed by atoms with Crippen LogP contribution in [0.3, 0.4) is 0 Å². The van der Waals surface area contributed by atoms with E-state index in [0.717, 1.165) is 0 Å². The lowest BCUT2D eigenvalue weighted by atomic mass is 10.2. The molecular formula is C6H4N2. The molecule has 2 heteroatoms. The Morgan fingerprint density at radius 3 is 2.00 bits per heavy atom. The van der Waals surface area contributed by atoms with Gasteiger partial charge in [-0.3, -0.25) is 0 Å². The quantitative estimate of drug-likeness (QED) is 0.466. The van der Waals surface area contributed by atoms with E-state index in [4.69, 9.17) is 10.5 Å². The third-order valence-corrected chi connectivity index (χ3v) is 0.563. The van der Waals surface area contributed by atoms with Gasteiger partial charge in [0.2, 0.25) is 0 Å². The Hall–Kier alpha value is -1.50. The van der Waals surface area contributed by atoms with E-state index in [2.05, 4.69) is 12.3 Å². The summed E-state index contributed by atoms with van der Waals surface area (Å²) < 4.78 is 0. The summed E-state index contributed by atoms with van der Waals surface area (Å²) >= 11 is 0. The standard InChI is InChI=1S/C6H4N2/c1-2-3-6(4-7)5-8/h3,6H,1H2. The van der Waals surface area contributed by atoms with Gasteiger partial charge in [-0.05, 0) is 6.08 Å². The fourth-order valence-corrected chi connectivity index (χ4v) is 0.221. The zero-order chi connectivity index (χ0) is 6.41. The van der Waals surface area contributed by atoms with Crippen molar-refractivity contribution >= 4 is 0 Å². The summed E-state index contributed by atoms with van der Waals surface area (Å²) in [4.78, 5) is 0. The molecular weight excluding hydrogens is 100 g/mol. The third kappa shape index (κ3) is 1.82. The van der Waals surface area contributed by atoms with Crippen molar-refractivity contribution in [3.8, 4) is 12.1 Å². The molecule has 0 N–H and O–H groups in total. The molecule has 0 heterocycles. The van der Waals surface area contributed by atoms with Gasteiger partial charge in [0.05, 0.1) is 12.1 Å². The van der Waals surface area contributed by atoms with Crippen LogP contribution in [-0.2, 0) is 0 Å². The molecule has 8 heavy (non-hydrogen) atoms. The van der Waals surface area contributed by atoms with Gasteiger partial charge >= 0.3 is 0 Å². The van der Waals surface area contributed by atoms with Crippen LogP contribution in [0.15, 0.2) is 18.4 Å². The molecule has 0 spiro atoms. The van der Waals surface area contributed by atoms with Gasteiger partial charge in [0, 0.05) is 0 Å². The van der Waals surface area contributed by atoms with Crippen molar-refractivity contribution in [2.45, 2.75) is 0 Å². The van der Waals surface area contributed by atoms with Crippen LogP contribution in [0.25, 0.3) is 0 Å². The predicted octanol–water partition coefficient (Wildman–Crippen LogP) is 0.991. The summed E-state index contributed by atoms with van der Waals surface area (Å²) in [6, 6.07) is 3.47. The number of nitrogens with zero attached hydrogens (tertiary/aromatic N) is 2. The lowest BCUT2D eigenvalue weighted by Crippen LogP contribution is -1.82. The Bertz CT molecular complexity index is 172. The molecule has 0 fully saturated rings. The normalized spacial score (nSPS) is 6.38. The second-order valence-electron chi connectivity index (χ2n) is 1.11. The molecule has 0 saturated heterocycles. The van der Waals surface area contributed by atoms with Gasteiger partial charge in [0.1, 0.15) is 0 Å². The first-order valence-electron chi connectivity index (χ1n) is 2.00.